The topological polar surface area (TPSA) is 97.4 Å². The molecule has 0 bridgehead atoms. The highest BCUT2D eigenvalue weighted by molar-refractivity contribution is 6.04. The molecule has 1 heterocycles. The Balaban J connectivity index is 1.63. The monoisotopic (exact) mass is 395 g/mol. The second kappa shape index (κ2) is 9.82. The first kappa shape index (κ1) is 20.5. The van der Waals surface area contributed by atoms with Crippen molar-refractivity contribution in [1.29, 1.82) is 0 Å². The minimum Gasteiger partial charge on any atom is -0.462 e. The molecule has 152 valence electrons. The standard InChI is InChI=1S/C22H25N3O4/c1-2-29-22(28)15-11-13-17(14-12-15)24-21(27)19-10-6-9-18(25-19)20(26)23-16-7-4-3-5-8-16/h6,9-14,16H,2-5,7-8H2,1H3,(H,23,26)(H,24,27). The van der Waals surface area contributed by atoms with Crippen molar-refractivity contribution in [2.24, 2.45) is 0 Å². The molecule has 0 radical (unpaired) electrons. The van der Waals surface area contributed by atoms with Crippen LogP contribution in [0.15, 0.2) is 42.5 Å². The fraction of sp³-hybridized carbons (Fsp3) is 0.364. The number of carbonyl (C=O) groups is 3. The van der Waals surface area contributed by atoms with Crippen LogP contribution in [0.2, 0.25) is 0 Å². The summed E-state index contributed by atoms with van der Waals surface area (Å²) in [6.45, 7) is 2.04. The number of carbonyl (C=O) groups excluding carboxylic acids is 3. The van der Waals surface area contributed by atoms with Crippen LogP contribution in [-0.2, 0) is 4.74 Å². The summed E-state index contributed by atoms with van der Waals surface area (Å²) in [7, 11) is 0. The van der Waals surface area contributed by atoms with Gasteiger partial charge in [-0.3, -0.25) is 9.59 Å². The van der Waals surface area contributed by atoms with E-state index in [-0.39, 0.29) is 23.3 Å². The number of pyridine rings is 1. The lowest BCUT2D eigenvalue weighted by Crippen LogP contribution is -2.36. The third kappa shape index (κ3) is 5.63. The fourth-order valence-corrected chi connectivity index (χ4v) is 3.29. The van der Waals surface area contributed by atoms with Gasteiger partial charge in [0.2, 0.25) is 0 Å². The summed E-state index contributed by atoms with van der Waals surface area (Å²) in [5.74, 6) is -1.10. The number of anilines is 1. The number of aromatic nitrogens is 1. The summed E-state index contributed by atoms with van der Waals surface area (Å²) in [5.41, 5.74) is 1.29. The molecule has 0 atom stereocenters. The highest BCUT2D eigenvalue weighted by Crippen LogP contribution is 2.18. The molecular formula is C22H25N3O4. The first-order valence-electron chi connectivity index (χ1n) is 9.93. The summed E-state index contributed by atoms with van der Waals surface area (Å²) in [6.07, 6.45) is 5.41. The number of hydrogen-bond donors (Lipinski definition) is 2. The molecule has 2 N–H and O–H groups in total. The van der Waals surface area contributed by atoms with Crippen molar-refractivity contribution in [3.63, 3.8) is 0 Å². The highest BCUT2D eigenvalue weighted by Gasteiger charge is 2.18. The molecule has 1 aliphatic rings. The molecule has 0 unspecified atom stereocenters. The predicted molar refractivity (Wildman–Crippen MR) is 109 cm³/mol. The van der Waals surface area contributed by atoms with Gasteiger partial charge in [0.15, 0.2) is 0 Å². The number of rotatable bonds is 6. The first-order chi connectivity index (χ1) is 14.1. The van der Waals surface area contributed by atoms with E-state index in [0.29, 0.717) is 17.9 Å². The van der Waals surface area contributed by atoms with E-state index in [0.717, 1.165) is 25.7 Å². The smallest absolute Gasteiger partial charge is 0.338 e. The van der Waals surface area contributed by atoms with E-state index in [1.165, 1.54) is 6.42 Å². The summed E-state index contributed by atoms with van der Waals surface area (Å²) in [6, 6.07) is 11.4. The number of benzene rings is 1. The van der Waals surface area contributed by atoms with Gasteiger partial charge in [-0.25, -0.2) is 9.78 Å². The normalized spacial score (nSPS) is 14.1. The Bertz CT molecular complexity index is 874. The van der Waals surface area contributed by atoms with Gasteiger partial charge in [-0.2, -0.15) is 0 Å². The number of nitrogens with zero attached hydrogens (tertiary/aromatic N) is 1. The molecule has 1 aliphatic carbocycles. The van der Waals surface area contributed by atoms with Crippen LogP contribution < -0.4 is 10.6 Å². The zero-order valence-electron chi connectivity index (χ0n) is 16.4. The largest absolute Gasteiger partial charge is 0.462 e. The van der Waals surface area contributed by atoms with Crippen LogP contribution in [0.3, 0.4) is 0 Å². The second-order valence-corrected chi connectivity index (χ2v) is 6.97. The molecule has 1 saturated carbocycles. The summed E-state index contributed by atoms with van der Waals surface area (Å²) >= 11 is 0. The molecule has 3 rings (SSSR count). The third-order valence-electron chi connectivity index (χ3n) is 4.81. The van der Waals surface area contributed by atoms with Crippen LogP contribution in [0.5, 0.6) is 0 Å². The van der Waals surface area contributed by atoms with Crippen LogP contribution >= 0.6 is 0 Å². The Morgan fingerprint density at radius 2 is 1.62 bits per heavy atom. The Morgan fingerprint density at radius 1 is 0.966 bits per heavy atom. The molecule has 2 amide bonds. The van der Waals surface area contributed by atoms with Crippen molar-refractivity contribution in [2.45, 2.75) is 45.1 Å². The maximum Gasteiger partial charge on any atom is 0.338 e. The van der Waals surface area contributed by atoms with Crippen molar-refractivity contribution in [2.75, 3.05) is 11.9 Å². The Labute approximate surface area is 169 Å². The van der Waals surface area contributed by atoms with Gasteiger partial charge >= 0.3 is 5.97 Å². The van der Waals surface area contributed by atoms with Crippen molar-refractivity contribution >= 4 is 23.5 Å². The van der Waals surface area contributed by atoms with Crippen LogP contribution in [0.1, 0.15) is 70.4 Å². The maximum atomic E-state index is 12.5. The molecule has 0 saturated heterocycles. The first-order valence-corrected chi connectivity index (χ1v) is 9.93. The van der Waals surface area contributed by atoms with Gasteiger partial charge in [-0.05, 0) is 56.2 Å². The van der Waals surface area contributed by atoms with Gasteiger partial charge < -0.3 is 15.4 Å². The summed E-state index contributed by atoms with van der Waals surface area (Å²) in [5, 5.41) is 5.72. The summed E-state index contributed by atoms with van der Waals surface area (Å²) in [4.78, 5) is 40.8. The zero-order valence-corrected chi connectivity index (χ0v) is 16.4. The van der Waals surface area contributed by atoms with Gasteiger partial charge in [-0.1, -0.05) is 25.3 Å². The molecular weight excluding hydrogens is 370 g/mol. The van der Waals surface area contributed by atoms with Crippen molar-refractivity contribution in [3.05, 3.63) is 59.4 Å². The molecule has 7 nitrogen and oxygen atoms in total. The van der Waals surface area contributed by atoms with E-state index in [4.69, 9.17) is 4.74 Å². The average molecular weight is 395 g/mol. The quantitative estimate of drug-likeness (QED) is 0.729. The number of ether oxygens (including phenoxy) is 1. The molecule has 7 heteroatoms. The Morgan fingerprint density at radius 3 is 2.28 bits per heavy atom. The van der Waals surface area contributed by atoms with Gasteiger partial charge in [0.05, 0.1) is 12.2 Å². The van der Waals surface area contributed by atoms with E-state index in [2.05, 4.69) is 15.6 Å². The van der Waals surface area contributed by atoms with Crippen molar-refractivity contribution in [3.8, 4) is 0 Å². The fourth-order valence-electron chi connectivity index (χ4n) is 3.29. The lowest BCUT2D eigenvalue weighted by Gasteiger charge is -2.22. The van der Waals surface area contributed by atoms with E-state index in [1.54, 1.807) is 49.4 Å². The van der Waals surface area contributed by atoms with Gasteiger partial charge in [-0.15, -0.1) is 0 Å². The van der Waals surface area contributed by atoms with Gasteiger partial charge in [0.1, 0.15) is 11.4 Å². The van der Waals surface area contributed by atoms with E-state index in [9.17, 15) is 14.4 Å². The highest BCUT2D eigenvalue weighted by atomic mass is 16.5. The Kier molecular flexibility index (Phi) is 6.94. The molecule has 0 aliphatic heterocycles. The third-order valence-corrected chi connectivity index (χ3v) is 4.81. The van der Waals surface area contributed by atoms with Gasteiger partial charge in [0.25, 0.3) is 11.8 Å². The lowest BCUT2D eigenvalue weighted by molar-refractivity contribution is 0.0526. The average Bonchev–Trinajstić information content (AvgIpc) is 2.75. The minimum absolute atomic E-state index is 0.149. The zero-order chi connectivity index (χ0) is 20.6. The molecule has 29 heavy (non-hydrogen) atoms. The molecule has 0 spiro atoms. The molecule has 1 fully saturated rings. The summed E-state index contributed by atoms with van der Waals surface area (Å²) < 4.78 is 4.93. The number of hydrogen-bond acceptors (Lipinski definition) is 5. The molecule has 1 aromatic heterocycles. The lowest BCUT2D eigenvalue weighted by atomic mass is 9.95. The maximum absolute atomic E-state index is 12.5. The second-order valence-electron chi connectivity index (χ2n) is 6.97. The SMILES string of the molecule is CCOC(=O)c1ccc(NC(=O)c2cccc(C(=O)NC3CCCCC3)n2)cc1. The van der Waals surface area contributed by atoms with Crippen LogP contribution in [-0.4, -0.2) is 35.4 Å². The number of esters is 1. The van der Waals surface area contributed by atoms with E-state index >= 15 is 0 Å². The predicted octanol–water partition coefficient (Wildman–Crippen LogP) is 3.57. The minimum atomic E-state index is -0.429. The van der Waals surface area contributed by atoms with Crippen LogP contribution in [0.25, 0.3) is 0 Å². The van der Waals surface area contributed by atoms with Crippen molar-refractivity contribution < 1.29 is 19.1 Å². The molecule has 1 aromatic carbocycles. The van der Waals surface area contributed by atoms with Crippen molar-refractivity contribution in [1.82, 2.24) is 10.3 Å². The van der Waals surface area contributed by atoms with E-state index < -0.39 is 11.9 Å². The van der Waals surface area contributed by atoms with E-state index in [1.807, 2.05) is 0 Å². The molecule has 2 aromatic rings. The Hall–Kier alpha value is -3.22. The van der Waals surface area contributed by atoms with Crippen LogP contribution in [0, 0.1) is 0 Å². The van der Waals surface area contributed by atoms with Crippen LogP contribution in [0.4, 0.5) is 5.69 Å². The van der Waals surface area contributed by atoms with Gasteiger partial charge in [0, 0.05) is 11.7 Å². The number of amides is 2. The number of nitrogens with one attached hydrogen (secondary N) is 2.